The van der Waals surface area contributed by atoms with E-state index in [9.17, 15) is 4.79 Å². The number of carbonyl (C=O) groups is 1. The summed E-state index contributed by atoms with van der Waals surface area (Å²) >= 11 is 0. The van der Waals surface area contributed by atoms with E-state index in [4.69, 9.17) is 11.0 Å². The van der Waals surface area contributed by atoms with Crippen LogP contribution in [0, 0.1) is 11.3 Å². The van der Waals surface area contributed by atoms with Gasteiger partial charge in [0.2, 0.25) is 0 Å². The highest BCUT2D eigenvalue weighted by Gasteiger charge is 2.15. The molecule has 0 unspecified atom stereocenters. The topological polar surface area (TPSA) is 78.9 Å². The van der Waals surface area contributed by atoms with Crippen LogP contribution in [0.2, 0.25) is 0 Å². The van der Waals surface area contributed by atoms with Crippen molar-refractivity contribution in [3.63, 3.8) is 0 Å². The molecule has 0 aromatic rings. The molecule has 4 nitrogen and oxygen atoms in total. The lowest BCUT2D eigenvalue weighted by atomic mass is 10.2. The Labute approximate surface area is 64.7 Å². The van der Waals surface area contributed by atoms with Crippen molar-refractivity contribution in [2.24, 2.45) is 5.73 Å². The number of amides is 1. The molecule has 0 spiro atoms. The van der Waals surface area contributed by atoms with Gasteiger partial charge in [-0.25, -0.2) is 0 Å². The van der Waals surface area contributed by atoms with Crippen LogP contribution in [0.4, 0.5) is 0 Å². The van der Waals surface area contributed by atoms with E-state index in [1.54, 1.807) is 6.07 Å². The first-order valence-electron chi connectivity index (χ1n) is 3.42. The number of nitriles is 1. The van der Waals surface area contributed by atoms with Crippen molar-refractivity contribution in [1.82, 2.24) is 5.32 Å². The number of nitrogens with one attached hydrogen (secondary N) is 1. The number of primary amides is 1. The van der Waals surface area contributed by atoms with Crippen LogP contribution in [-0.2, 0) is 4.79 Å². The quantitative estimate of drug-likeness (QED) is 0.396. The number of allylic oxidation sites excluding steroid dienone is 1. The molecule has 3 N–H and O–H groups in total. The van der Waals surface area contributed by atoms with Crippen molar-refractivity contribution >= 4 is 5.91 Å². The molecule has 4 heteroatoms. The fourth-order valence-corrected chi connectivity index (χ4v) is 1.08. The molecule has 11 heavy (non-hydrogen) atoms. The highest BCUT2D eigenvalue weighted by atomic mass is 16.1. The van der Waals surface area contributed by atoms with E-state index in [0.717, 1.165) is 19.4 Å². The summed E-state index contributed by atoms with van der Waals surface area (Å²) in [4.78, 5) is 10.6. The Bertz CT molecular complexity index is 241. The Morgan fingerprint density at radius 1 is 1.73 bits per heavy atom. The minimum Gasteiger partial charge on any atom is -0.387 e. The van der Waals surface area contributed by atoms with Gasteiger partial charge in [0.25, 0.3) is 5.91 Å². The molecular weight excluding hydrogens is 142 g/mol. The van der Waals surface area contributed by atoms with Crippen LogP contribution in [0.25, 0.3) is 0 Å². The second-order valence-electron chi connectivity index (χ2n) is 2.36. The maximum absolute atomic E-state index is 10.6. The van der Waals surface area contributed by atoms with Crippen molar-refractivity contribution in [3.05, 3.63) is 11.3 Å². The van der Waals surface area contributed by atoms with Crippen LogP contribution in [0.5, 0.6) is 0 Å². The van der Waals surface area contributed by atoms with Gasteiger partial charge in [0.1, 0.15) is 11.6 Å². The normalized spacial score (nSPS) is 20.3. The third-order valence-electron chi connectivity index (χ3n) is 1.60. The van der Waals surface area contributed by atoms with E-state index in [-0.39, 0.29) is 5.57 Å². The smallest absolute Gasteiger partial charge is 0.261 e. The van der Waals surface area contributed by atoms with Crippen LogP contribution in [0.15, 0.2) is 11.3 Å². The van der Waals surface area contributed by atoms with E-state index in [1.165, 1.54) is 0 Å². The Kier molecular flexibility index (Phi) is 2.12. The zero-order valence-electron chi connectivity index (χ0n) is 6.05. The molecule has 0 aromatic carbocycles. The second-order valence-corrected chi connectivity index (χ2v) is 2.36. The van der Waals surface area contributed by atoms with Crippen LogP contribution in [0.3, 0.4) is 0 Å². The summed E-state index contributed by atoms with van der Waals surface area (Å²) in [6, 6.07) is 1.79. The van der Waals surface area contributed by atoms with Crippen LogP contribution >= 0.6 is 0 Å². The number of hydrogen-bond acceptors (Lipinski definition) is 3. The van der Waals surface area contributed by atoms with E-state index in [1.807, 2.05) is 0 Å². The van der Waals surface area contributed by atoms with Gasteiger partial charge < -0.3 is 11.1 Å². The van der Waals surface area contributed by atoms with Gasteiger partial charge in [0, 0.05) is 12.2 Å². The molecule has 0 atom stereocenters. The van der Waals surface area contributed by atoms with Crippen molar-refractivity contribution in [2.75, 3.05) is 6.54 Å². The fraction of sp³-hybridized carbons (Fsp3) is 0.429. The molecule has 1 heterocycles. The molecule has 1 rings (SSSR count). The van der Waals surface area contributed by atoms with Crippen molar-refractivity contribution < 1.29 is 4.79 Å². The lowest BCUT2D eigenvalue weighted by Crippen LogP contribution is -2.18. The molecule has 0 aromatic heterocycles. The van der Waals surface area contributed by atoms with Gasteiger partial charge in [0.05, 0.1) is 0 Å². The zero-order valence-corrected chi connectivity index (χ0v) is 6.05. The fourth-order valence-electron chi connectivity index (χ4n) is 1.08. The van der Waals surface area contributed by atoms with Crippen LogP contribution in [0.1, 0.15) is 12.8 Å². The van der Waals surface area contributed by atoms with Gasteiger partial charge in [-0.05, 0) is 12.8 Å². The van der Waals surface area contributed by atoms with Crippen molar-refractivity contribution in [1.29, 1.82) is 5.26 Å². The molecule has 0 saturated carbocycles. The molecule has 58 valence electrons. The maximum atomic E-state index is 10.6. The molecule has 1 aliphatic heterocycles. The first-order valence-corrected chi connectivity index (χ1v) is 3.42. The number of nitrogens with two attached hydrogens (primary N) is 1. The Morgan fingerprint density at radius 3 is 2.82 bits per heavy atom. The van der Waals surface area contributed by atoms with Gasteiger partial charge in [-0.1, -0.05) is 0 Å². The van der Waals surface area contributed by atoms with Gasteiger partial charge in [-0.15, -0.1) is 0 Å². The largest absolute Gasteiger partial charge is 0.387 e. The predicted octanol–water partition coefficient (Wildman–Crippen LogP) is -0.367. The Hall–Kier alpha value is -1.50. The Morgan fingerprint density at radius 2 is 2.45 bits per heavy atom. The minimum absolute atomic E-state index is 0.0718. The first-order chi connectivity index (χ1) is 5.25. The molecule has 0 radical (unpaired) electrons. The lowest BCUT2D eigenvalue weighted by Gasteiger charge is -1.98. The highest BCUT2D eigenvalue weighted by molar-refractivity contribution is 5.96. The lowest BCUT2D eigenvalue weighted by molar-refractivity contribution is -0.114. The van der Waals surface area contributed by atoms with Crippen LogP contribution in [-0.4, -0.2) is 12.5 Å². The van der Waals surface area contributed by atoms with Gasteiger partial charge in [-0.3, -0.25) is 4.79 Å². The van der Waals surface area contributed by atoms with Gasteiger partial charge >= 0.3 is 0 Å². The van der Waals surface area contributed by atoms with Crippen molar-refractivity contribution in [3.8, 4) is 6.07 Å². The van der Waals surface area contributed by atoms with E-state index < -0.39 is 5.91 Å². The predicted molar refractivity (Wildman–Crippen MR) is 39.1 cm³/mol. The number of rotatable bonds is 1. The number of carbonyl (C=O) groups excluding carboxylic acids is 1. The molecule has 1 amide bonds. The molecule has 0 bridgehead atoms. The maximum Gasteiger partial charge on any atom is 0.261 e. The average molecular weight is 151 g/mol. The summed E-state index contributed by atoms with van der Waals surface area (Å²) in [6.45, 7) is 0.827. The minimum atomic E-state index is -0.642. The number of hydrogen-bond donors (Lipinski definition) is 2. The molecule has 1 fully saturated rings. The average Bonchev–Trinajstić information content (AvgIpc) is 2.40. The summed E-state index contributed by atoms with van der Waals surface area (Å²) in [5, 5.41) is 11.5. The summed E-state index contributed by atoms with van der Waals surface area (Å²) < 4.78 is 0. The SMILES string of the molecule is N#C/C(C(N)=O)=C1/CCCN1. The monoisotopic (exact) mass is 151 g/mol. The summed E-state index contributed by atoms with van der Waals surface area (Å²) in [6.07, 6.45) is 1.72. The molecule has 1 saturated heterocycles. The Balaban J connectivity index is 2.90. The summed E-state index contributed by atoms with van der Waals surface area (Å²) in [5.74, 6) is -0.642. The summed E-state index contributed by atoms with van der Waals surface area (Å²) in [7, 11) is 0. The second kappa shape index (κ2) is 3.06. The highest BCUT2D eigenvalue weighted by Crippen LogP contribution is 2.12. The molecule has 1 aliphatic rings. The van der Waals surface area contributed by atoms with Crippen LogP contribution < -0.4 is 11.1 Å². The summed E-state index contributed by atoms with van der Waals surface area (Å²) in [5.41, 5.74) is 5.73. The third kappa shape index (κ3) is 1.49. The standard InChI is InChI=1S/C7H9N3O/c8-4-5(7(9)11)6-2-1-3-10-6/h10H,1-3H2,(H2,9,11)/b6-5+. The van der Waals surface area contributed by atoms with Gasteiger partial charge in [-0.2, -0.15) is 5.26 Å². The third-order valence-corrected chi connectivity index (χ3v) is 1.60. The zero-order chi connectivity index (χ0) is 8.27. The van der Waals surface area contributed by atoms with E-state index in [0.29, 0.717) is 5.70 Å². The van der Waals surface area contributed by atoms with Gasteiger partial charge in [0.15, 0.2) is 0 Å². The number of nitrogens with zero attached hydrogens (tertiary/aromatic N) is 1. The van der Waals surface area contributed by atoms with Crippen molar-refractivity contribution in [2.45, 2.75) is 12.8 Å². The first kappa shape index (κ1) is 7.61. The van der Waals surface area contributed by atoms with E-state index in [2.05, 4.69) is 5.32 Å². The van der Waals surface area contributed by atoms with E-state index >= 15 is 0 Å². The molecular formula is C7H9N3O. The molecule has 0 aliphatic carbocycles.